The van der Waals surface area contributed by atoms with Crippen LogP contribution in [-0.4, -0.2) is 136 Å². The van der Waals surface area contributed by atoms with E-state index >= 15 is 0 Å². The predicted octanol–water partition coefficient (Wildman–Crippen LogP) is -2.08. The van der Waals surface area contributed by atoms with Crippen LogP contribution in [0.1, 0.15) is 71.8 Å². The zero-order valence-electron chi connectivity index (χ0n) is 35.3. The van der Waals surface area contributed by atoms with E-state index in [1.807, 2.05) is 20.1 Å². The van der Waals surface area contributed by atoms with Gasteiger partial charge in [0.25, 0.3) is 0 Å². The molecule has 0 aliphatic rings. The monoisotopic (exact) mass is 880 g/mol. The van der Waals surface area contributed by atoms with Gasteiger partial charge >= 0.3 is 11.9 Å². The lowest BCUT2D eigenvalue weighted by atomic mass is 10.0. The minimum absolute atomic E-state index is 0.0119. The summed E-state index contributed by atoms with van der Waals surface area (Å²) < 4.78 is 0. The van der Waals surface area contributed by atoms with Crippen LogP contribution < -0.4 is 49.1 Å². The second-order valence-electron chi connectivity index (χ2n) is 15.3. The van der Waals surface area contributed by atoms with Crippen molar-refractivity contribution in [3.63, 3.8) is 0 Å². The molecule has 0 bridgehead atoms. The Morgan fingerprint density at radius 2 is 1.11 bits per heavy atom. The number of benzene rings is 1. The molecule has 0 saturated heterocycles. The van der Waals surface area contributed by atoms with E-state index in [4.69, 9.17) is 22.3 Å². The van der Waals surface area contributed by atoms with E-state index in [2.05, 4.69) is 36.9 Å². The number of hydrogen-bond donors (Lipinski definition) is 12. The summed E-state index contributed by atoms with van der Waals surface area (Å²) in [5.74, 6) is -8.01. The van der Waals surface area contributed by atoms with Gasteiger partial charge in [0.1, 0.15) is 36.3 Å². The van der Waals surface area contributed by atoms with Crippen molar-refractivity contribution in [1.29, 1.82) is 0 Å². The Labute approximate surface area is 359 Å². The molecule has 0 aromatic heterocycles. The third-order valence-corrected chi connectivity index (χ3v) is 9.60. The maximum atomic E-state index is 13.9. The van der Waals surface area contributed by atoms with Crippen LogP contribution in [0.4, 0.5) is 0 Å². The molecule has 0 spiro atoms. The Morgan fingerprint density at radius 3 is 1.61 bits per heavy atom. The van der Waals surface area contributed by atoms with E-state index in [0.717, 1.165) is 0 Å². The highest BCUT2D eigenvalue weighted by atomic mass is 32.2. The number of carboxylic acid groups (broad SMARTS) is 2. The fourth-order valence-corrected chi connectivity index (χ4v) is 6.31. The van der Waals surface area contributed by atoms with Crippen molar-refractivity contribution in [2.45, 2.75) is 115 Å². The average molecular weight is 881 g/mol. The molecule has 0 fully saturated rings. The number of guanidine groups is 1. The lowest BCUT2D eigenvalue weighted by molar-refractivity contribution is -0.147. The Kier molecular flexibility index (Phi) is 24.7. The van der Waals surface area contributed by atoms with Gasteiger partial charge in [0.15, 0.2) is 5.96 Å². The molecule has 0 saturated carbocycles. The smallest absolute Gasteiger partial charge is 0.326 e. The number of aliphatic imine (C=N–C) groups is 1. The van der Waals surface area contributed by atoms with Gasteiger partial charge in [0.2, 0.25) is 35.4 Å². The number of carbonyl (C=O) groups is 8. The lowest BCUT2D eigenvalue weighted by Gasteiger charge is -2.28. The van der Waals surface area contributed by atoms with Crippen LogP contribution in [0, 0.1) is 11.8 Å². The first kappa shape index (κ1) is 53.5. The maximum Gasteiger partial charge on any atom is 0.326 e. The first-order valence-corrected chi connectivity index (χ1v) is 21.3. The van der Waals surface area contributed by atoms with Gasteiger partial charge in [0.05, 0.1) is 19.1 Å². The highest BCUT2D eigenvalue weighted by molar-refractivity contribution is 7.98. The molecule has 0 aliphatic carbocycles. The zero-order valence-corrected chi connectivity index (χ0v) is 36.2. The number of aliphatic hydroxyl groups excluding tert-OH is 1. The van der Waals surface area contributed by atoms with E-state index in [1.54, 1.807) is 44.2 Å². The van der Waals surface area contributed by atoms with Crippen LogP contribution in [0.3, 0.4) is 0 Å². The van der Waals surface area contributed by atoms with E-state index in [0.29, 0.717) is 17.7 Å². The number of nitrogens with zero attached hydrogens (tertiary/aromatic N) is 1. The lowest BCUT2D eigenvalue weighted by Crippen LogP contribution is -2.61. The fourth-order valence-electron chi connectivity index (χ4n) is 5.82. The molecule has 342 valence electrons. The number of carbonyl (C=O) groups excluding carboxylic acids is 6. The maximum absolute atomic E-state index is 13.9. The van der Waals surface area contributed by atoms with Gasteiger partial charge in [-0.15, -0.1) is 0 Å². The summed E-state index contributed by atoms with van der Waals surface area (Å²) in [4.78, 5) is 108. The molecule has 61 heavy (non-hydrogen) atoms. The third kappa shape index (κ3) is 21.6. The highest BCUT2D eigenvalue weighted by Gasteiger charge is 2.34. The molecule has 21 nitrogen and oxygen atoms in total. The number of thioether (sulfide) groups is 1. The number of nitrogens with two attached hydrogens (primary N) is 3. The molecule has 1 rings (SSSR count). The number of rotatable bonds is 29. The van der Waals surface area contributed by atoms with E-state index in [1.165, 1.54) is 11.8 Å². The highest BCUT2D eigenvalue weighted by Crippen LogP contribution is 2.11. The molecule has 0 unspecified atom stereocenters. The SMILES string of the molecule is CSCC[C@H](N)C(=O)N[C@@H](CC(C)C)C(=O)N[C@@H](Cc1ccccc1)C(=O)N[C@@H](CO)C(=O)N[C@@H](CCCN=C(N)N)C(=O)N[C@@H](CC(C)C)C(=O)N[C@@H](CC(=O)O)C(=O)O. The zero-order chi connectivity index (χ0) is 46.2. The molecule has 0 aliphatic heterocycles. The standard InChI is InChI=1S/C39H64N10O11S/c1-21(2)16-26(45-32(53)24(40)13-15-61-5)34(55)47-28(18-23-10-7-6-8-11-23)36(57)49-30(20-50)37(58)44-25(12-9-14-43-39(41)42)33(54)46-27(17-22(3)4)35(56)48-29(38(59)60)19-31(51)52/h6-8,10-11,21-22,24-30,50H,9,12-20,40H2,1-5H3,(H,44,58)(H,45,53)(H,46,54)(H,47,55)(H,48,56)(H,49,57)(H,51,52)(H,59,60)(H4,41,42,43)/t24-,25-,26-,27-,28-,29-,30-/m0/s1. The average Bonchev–Trinajstić information content (AvgIpc) is 3.18. The predicted molar refractivity (Wildman–Crippen MR) is 228 cm³/mol. The van der Waals surface area contributed by atoms with Gasteiger partial charge in [-0.25, -0.2) is 4.79 Å². The van der Waals surface area contributed by atoms with Gasteiger partial charge in [-0.05, 0) is 61.5 Å². The van der Waals surface area contributed by atoms with E-state index < -0.39 is 103 Å². The van der Waals surface area contributed by atoms with Crippen molar-refractivity contribution in [2.75, 3.05) is 25.2 Å². The summed E-state index contributed by atoms with van der Waals surface area (Å²) in [6, 6.07) is -0.886. The van der Waals surface area contributed by atoms with E-state index in [9.17, 15) is 48.6 Å². The van der Waals surface area contributed by atoms with Crippen LogP contribution in [0.5, 0.6) is 0 Å². The van der Waals surface area contributed by atoms with Gasteiger partial charge in [-0.2, -0.15) is 11.8 Å². The number of carboxylic acids is 2. The second-order valence-corrected chi connectivity index (χ2v) is 16.3. The van der Waals surface area contributed by atoms with Crippen LogP contribution in [0.2, 0.25) is 0 Å². The van der Waals surface area contributed by atoms with Crippen LogP contribution in [0.15, 0.2) is 35.3 Å². The van der Waals surface area contributed by atoms with Crippen molar-refractivity contribution in [2.24, 2.45) is 34.0 Å². The molecule has 22 heteroatoms. The molecule has 15 N–H and O–H groups in total. The molecule has 1 aromatic carbocycles. The summed E-state index contributed by atoms with van der Waals surface area (Å²) >= 11 is 1.51. The van der Waals surface area contributed by atoms with Gasteiger partial charge in [-0.3, -0.25) is 38.6 Å². The molecule has 0 radical (unpaired) electrons. The minimum Gasteiger partial charge on any atom is -0.481 e. The minimum atomic E-state index is -1.80. The summed E-state index contributed by atoms with van der Waals surface area (Å²) in [5, 5.41) is 43.8. The molecule has 1 aromatic rings. The van der Waals surface area contributed by atoms with Gasteiger partial charge in [0, 0.05) is 13.0 Å². The summed E-state index contributed by atoms with van der Waals surface area (Å²) in [6.07, 6.45) is 1.46. The third-order valence-electron chi connectivity index (χ3n) is 8.95. The first-order chi connectivity index (χ1) is 28.7. The van der Waals surface area contributed by atoms with Gasteiger partial charge in [-0.1, -0.05) is 58.0 Å². The Balaban J connectivity index is 3.40. The van der Waals surface area contributed by atoms with Crippen molar-refractivity contribution in [1.82, 2.24) is 31.9 Å². The number of aliphatic hydroxyl groups is 1. The van der Waals surface area contributed by atoms with Crippen molar-refractivity contribution in [3.8, 4) is 0 Å². The quantitative estimate of drug-likeness (QED) is 0.0233. The molecular weight excluding hydrogens is 817 g/mol. The first-order valence-electron chi connectivity index (χ1n) is 19.9. The van der Waals surface area contributed by atoms with Crippen LogP contribution >= 0.6 is 11.8 Å². The number of hydrogen-bond acceptors (Lipinski definition) is 12. The van der Waals surface area contributed by atoms with Crippen molar-refractivity contribution >= 4 is 65.1 Å². The molecule has 7 atom stereocenters. The largest absolute Gasteiger partial charge is 0.481 e. The molecular formula is C39H64N10O11S. The van der Waals surface area contributed by atoms with Gasteiger partial charge < -0.3 is 64.4 Å². The second kappa shape index (κ2) is 28.1. The fraction of sp³-hybridized carbons (Fsp3) is 0.615. The van der Waals surface area contributed by atoms with Crippen molar-refractivity contribution < 1.29 is 53.7 Å². The molecule has 0 heterocycles. The summed E-state index contributed by atoms with van der Waals surface area (Å²) in [7, 11) is 0. The van der Waals surface area contributed by atoms with Crippen LogP contribution in [0.25, 0.3) is 0 Å². The normalized spacial score (nSPS) is 14.5. The summed E-state index contributed by atoms with van der Waals surface area (Å²) in [6.45, 7) is 6.21. The van der Waals surface area contributed by atoms with E-state index in [-0.39, 0.29) is 56.4 Å². The Hall–Kier alpha value is -5.48. The van der Waals surface area contributed by atoms with Crippen molar-refractivity contribution in [3.05, 3.63) is 35.9 Å². The molecule has 6 amide bonds. The number of nitrogens with one attached hydrogen (secondary N) is 6. The number of aliphatic carboxylic acids is 2. The summed E-state index contributed by atoms with van der Waals surface area (Å²) in [5.41, 5.74) is 17.5. The van der Waals surface area contributed by atoms with Crippen LogP contribution in [-0.2, 0) is 44.8 Å². The number of amides is 6. The topological polar surface area (TPSA) is 360 Å². The Bertz CT molecular complexity index is 1650. The Morgan fingerprint density at radius 1 is 0.656 bits per heavy atom.